The Morgan fingerprint density at radius 2 is 1.60 bits per heavy atom. The Hall–Kier alpha value is -0.570. The summed E-state index contributed by atoms with van der Waals surface area (Å²) in [5, 5.41) is 18.2. The van der Waals surface area contributed by atoms with Crippen LogP contribution in [-0.2, 0) is 4.79 Å². The van der Waals surface area contributed by atoms with E-state index in [9.17, 15) is 9.90 Å². The zero-order chi connectivity index (χ0) is 11.1. The lowest BCUT2D eigenvalue weighted by Gasteiger charge is -2.31. The normalized spacial score (nSPS) is 21.7. The second kappa shape index (κ2) is 6.11. The summed E-state index contributed by atoms with van der Waals surface area (Å²) in [6, 6.07) is 0. The lowest BCUT2D eigenvalue weighted by molar-refractivity contribution is -0.151. The van der Waals surface area contributed by atoms with Crippen LogP contribution < -0.4 is 0 Å². The Kier molecular flexibility index (Phi) is 5.09. The molecule has 1 aliphatic carbocycles. The number of rotatable bonds is 4. The molecule has 0 aromatic carbocycles. The van der Waals surface area contributed by atoms with Gasteiger partial charge in [0.25, 0.3) is 0 Å². The second-order valence-electron chi connectivity index (χ2n) is 4.68. The van der Waals surface area contributed by atoms with E-state index >= 15 is 0 Å². The fourth-order valence-electron chi connectivity index (χ4n) is 2.57. The van der Waals surface area contributed by atoms with Crippen LogP contribution in [0.25, 0.3) is 0 Å². The number of aliphatic hydroxyl groups is 1. The third-order valence-corrected chi connectivity index (χ3v) is 3.58. The molecule has 15 heavy (non-hydrogen) atoms. The fraction of sp³-hybridized carbons (Fsp3) is 0.917. The third-order valence-electron chi connectivity index (χ3n) is 3.58. The molecule has 88 valence electrons. The Labute approximate surface area is 91.5 Å². The highest BCUT2D eigenvalue weighted by Gasteiger charge is 2.37. The van der Waals surface area contributed by atoms with Crippen LogP contribution in [0.5, 0.6) is 0 Å². The molecule has 0 aromatic rings. The molecule has 2 N–H and O–H groups in total. The monoisotopic (exact) mass is 214 g/mol. The van der Waals surface area contributed by atoms with Gasteiger partial charge in [-0.1, -0.05) is 32.1 Å². The first-order chi connectivity index (χ1) is 7.21. The molecular weight excluding hydrogens is 192 g/mol. The SMILES string of the molecule is O=C(O)C1(CCCO)CCCCCCC1. The van der Waals surface area contributed by atoms with Crippen LogP contribution in [0.15, 0.2) is 0 Å². The third kappa shape index (κ3) is 3.49. The van der Waals surface area contributed by atoms with Crippen LogP contribution in [0.4, 0.5) is 0 Å². The Morgan fingerprint density at radius 1 is 1.07 bits per heavy atom. The largest absolute Gasteiger partial charge is 0.481 e. The van der Waals surface area contributed by atoms with E-state index < -0.39 is 11.4 Å². The van der Waals surface area contributed by atoms with E-state index in [0.29, 0.717) is 12.8 Å². The summed E-state index contributed by atoms with van der Waals surface area (Å²) >= 11 is 0. The molecule has 0 heterocycles. The summed E-state index contributed by atoms with van der Waals surface area (Å²) in [6.45, 7) is 0.106. The highest BCUT2D eigenvalue weighted by Crippen LogP contribution is 2.38. The van der Waals surface area contributed by atoms with Crippen LogP contribution in [0, 0.1) is 5.41 Å². The maximum atomic E-state index is 11.4. The number of carbonyl (C=O) groups is 1. The van der Waals surface area contributed by atoms with Gasteiger partial charge in [-0.15, -0.1) is 0 Å². The van der Waals surface area contributed by atoms with Gasteiger partial charge in [0.15, 0.2) is 0 Å². The summed E-state index contributed by atoms with van der Waals surface area (Å²) in [4.78, 5) is 11.4. The number of hydrogen-bond acceptors (Lipinski definition) is 2. The summed E-state index contributed by atoms with van der Waals surface area (Å²) < 4.78 is 0. The van der Waals surface area contributed by atoms with Gasteiger partial charge in [-0.05, 0) is 25.7 Å². The molecule has 0 spiro atoms. The molecule has 0 radical (unpaired) electrons. The minimum atomic E-state index is -0.655. The van der Waals surface area contributed by atoms with Gasteiger partial charge in [-0.25, -0.2) is 0 Å². The maximum Gasteiger partial charge on any atom is 0.309 e. The van der Waals surface area contributed by atoms with E-state index in [0.717, 1.165) is 38.5 Å². The van der Waals surface area contributed by atoms with E-state index in [1.165, 1.54) is 6.42 Å². The van der Waals surface area contributed by atoms with Gasteiger partial charge < -0.3 is 10.2 Å². The molecule has 3 nitrogen and oxygen atoms in total. The van der Waals surface area contributed by atoms with Crippen molar-refractivity contribution >= 4 is 5.97 Å². The van der Waals surface area contributed by atoms with E-state index in [1.807, 2.05) is 0 Å². The van der Waals surface area contributed by atoms with Crippen molar-refractivity contribution in [3.63, 3.8) is 0 Å². The smallest absolute Gasteiger partial charge is 0.309 e. The first kappa shape index (κ1) is 12.5. The van der Waals surface area contributed by atoms with E-state index in [2.05, 4.69) is 0 Å². The van der Waals surface area contributed by atoms with Crippen LogP contribution in [0.3, 0.4) is 0 Å². The molecule has 1 fully saturated rings. The molecule has 0 unspecified atom stereocenters. The maximum absolute atomic E-state index is 11.4. The topological polar surface area (TPSA) is 57.5 Å². The fourth-order valence-corrected chi connectivity index (χ4v) is 2.57. The van der Waals surface area contributed by atoms with Crippen molar-refractivity contribution in [2.75, 3.05) is 6.61 Å². The first-order valence-corrected chi connectivity index (χ1v) is 6.05. The van der Waals surface area contributed by atoms with Gasteiger partial charge in [0.2, 0.25) is 0 Å². The predicted octanol–water partition coefficient (Wildman–Crippen LogP) is 2.57. The minimum absolute atomic E-state index is 0.106. The van der Waals surface area contributed by atoms with Gasteiger partial charge in [0.1, 0.15) is 0 Å². The van der Waals surface area contributed by atoms with E-state index in [1.54, 1.807) is 0 Å². The molecule has 0 aromatic heterocycles. The van der Waals surface area contributed by atoms with Crippen LogP contribution >= 0.6 is 0 Å². The zero-order valence-electron chi connectivity index (χ0n) is 9.37. The summed E-state index contributed by atoms with van der Waals surface area (Å²) in [7, 11) is 0. The minimum Gasteiger partial charge on any atom is -0.481 e. The van der Waals surface area contributed by atoms with Crippen molar-refractivity contribution in [3.05, 3.63) is 0 Å². The molecule has 0 atom stereocenters. The van der Waals surface area contributed by atoms with Gasteiger partial charge >= 0.3 is 5.97 Å². The number of aliphatic hydroxyl groups excluding tert-OH is 1. The van der Waals surface area contributed by atoms with Crippen molar-refractivity contribution in [1.29, 1.82) is 0 Å². The Bertz CT molecular complexity index is 188. The molecule has 0 aliphatic heterocycles. The average Bonchev–Trinajstić information content (AvgIpc) is 2.16. The second-order valence-corrected chi connectivity index (χ2v) is 4.68. The molecule has 0 bridgehead atoms. The lowest BCUT2D eigenvalue weighted by Crippen LogP contribution is -2.32. The number of carboxylic acid groups (broad SMARTS) is 1. The molecule has 1 rings (SSSR count). The van der Waals surface area contributed by atoms with E-state index in [-0.39, 0.29) is 6.61 Å². The Morgan fingerprint density at radius 3 is 2.07 bits per heavy atom. The summed E-state index contributed by atoms with van der Waals surface area (Å²) in [5.41, 5.74) is -0.539. The summed E-state index contributed by atoms with van der Waals surface area (Å²) in [6.07, 6.45) is 8.46. The first-order valence-electron chi connectivity index (χ1n) is 6.05. The zero-order valence-corrected chi connectivity index (χ0v) is 9.37. The van der Waals surface area contributed by atoms with Crippen LogP contribution in [0.2, 0.25) is 0 Å². The van der Waals surface area contributed by atoms with Gasteiger partial charge in [-0.3, -0.25) is 4.79 Å². The standard InChI is InChI=1S/C12H22O3/c13-10-6-9-12(11(14)15)7-4-2-1-3-5-8-12/h13H,1-10H2,(H,14,15). The summed E-state index contributed by atoms with van der Waals surface area (Å²) in [5.74, 6) is -0.655. The highest BCUT2D eigenvalue weighted by atomic mass is 16.4. The average molecular weight is 214 g/mol. The van der Waals surface area contributed by atoms with Crippen molar-refractivity contribution < 1.29 is 15.0 Å². The highest BCUT2D eigenvalue weighted by molar-refractivity contribution is 5.74. The van der Waals surface area contributed by atoms with Gasteiger partial charge in [0, 0.05) is 6.61 Å². The number of hydrogen-bond donors (Lipinski definition) is 2. The lowest BCUT2D eigenvalue weighted by atomic mass is 9.73. The quantitative estimate of drug-likeness (QED) is 0.756. The Balaban J connectivity index is 2.62. The van der Waals surface area contributed by atoms with Crippen molar-refractivity contribution in [2.45, 2.75) is 57.8 Å². The van der Waals surface area contributed by atoms with Crippen LogP contribution in [-0.4, -0.2) is 22.8 Å². The van der Waals surface area contributed by atoms with Crippen molar-refractivity contribution in [2.24, 2.45) is 5.41 Å². The van der Waals surface area contributed by atoms with Gasteiger partial charge in [-0.2, -0.15) is 0 Å². The van der Waals surface area contributed by atoms with E-state index in [4.69, 9.17) is 5.11 Å². The van der Waals surface area contributed by atoms with Crippen LogP contribution in [0.1, 0.15) is 57.8 Å². The van der Waals surface area contributed by atoms with Gasteiger partial charge in [0.05, 0.1) is 5.41 Å². The molecule has 1 aliphatic rings. The number of aliphatic carboxylic acids is 1. The molecule has 0 saturated heterocycles. The molecule has 1 saturated carbocycles. The number of carboxylic acids is 1. The molecule has 0 amide bonds. The predicted molar refractivity (Wildman–Crippen MR) is 58.7 cm³/mol. The van der Waals surface area contributed by atoms with Crippen molar-refractivity contribution in [1.82, 2.24) is 0 Å². The molecule has 3 heteroatoms. The molecular formula is C12H22O3. The van der Waals surface area contributed by atoms with Crippen molar-refractivity contribution in [3.8, 4) is 0 Å².